The molecular formula is C17H15F3N4O2. The van der Waals surface area contributed by atoms with Gasteiger partial charge in [-0.25, -0.2) is 14.9 Å². The number of nitrogens with zero attached hydrogens (tertiary/aromatic N) is 3. The van der Waals surface area contributed by atoms with Crippen molar-refractivity contribution in [3.63, 3.8) is 0 Å². The van der Waals surface area contributed by atoms with Gasteiger partial charge in [-0.2, -0.15) is 23.4 Å². The highest BCUT2D eigenvalue weighted by Gasteiger charge is 2.34. The highest BCUT2D eigenvalue weighted by Crippen LogP contribution is 2.43. The molecule has 0 bridgehead atoms. The van der Waals surface area contributed by atoms with Gasteiger partial charge in [0.2, 0.25) is 0 Å². The molecule has 1 aliphatic heterocycles. The minimum Gasteiger partial charge on any atom is -0.439 e. The van der Waals surface area contributed by atoms with Crippen molar-refractivity contribution in [2.24, 2.45) is 5.10 Å². The number of hydrogen-bond donors (Lipinski definition) is 1. The van der Waals surface area contributed by atoms with E-state index in [4.69, 9.17) is 4.74 Å². The Kier molecular flexibility index (Phi) is 3.74. The van der Waals surface area contributed by atoms with E-state index in [0.29, 0.717) is 11.4 Å². The van der Waals surface area contributed by atoms with Gasteiger partial charge in [-0.15, -0.1) is 0 Å². The molecule has 1 aliphatic carbocycles. The van der Waals surface area contributed by atoms with Crippen molar-refractivity contribution < 1.29 is 22.7 Å². The highest BCUT2D eigenvalue weighted by atomic mass is 19.4. The SMILES string of the molecule is C[C@@H]1OC(=O)NN=C1c1ccc(-n2ccc(C(F)(F)F)n2)c(C2CC2)c1. The molecule has 1 atom stereocenters. The minimum atomic E-state index is -4.48. The molecule has 4 rings (SSSR count). The molecule has 9 heteroatoms. The van der Waals surface area contributed by atoms with Gasteiger partial charge < -0.3 is 4.74 Å². The maximum atomic E-state index is 12.8. The van der Waals surface area contributed by atoms with Crippen molar-refractivity contribution in [3.8, 4) is 5.69 Å². The van der Waals surface area contributed by atoms with Crippen LogP contribution in [0.3, 0.4) is 0 Å². The van der Waals surface area contributed by atoms with Gasteiger partial charge in [-0.1, -0.05) is 6.07 Å². The number of carbonyl (C=O) groups is 1. The smallest absolute Gasteiger partial charge is 0.435 e. The van der Waals surface area contributed by atoms with Crippen LogP contribution in [-0.2, 0) is 10.9 Å². The van der Waals surface area contributed by atoms with E-state index in [9.17, 15) is 18.0 Å². The number of halogens is 3. The highest BCUT2D eigenvalue weighted by molar-refractivity contribution is 6.06. The summed E-state index contributed by atoms with van der Waals surface area (Å²) in [5.74, 6) is 0.276. The fourth-order valence-electron chi connectivity index (χ4n) is 2.99. The Bertz CT molecular complexity index is 900. The fourth-order valence-corrected chi connectivity index (χ4v) is 2.99. The molecule has 2 heterocycles. The lowest BCUT2D eigenvalue weighted by Crippen LogP contribution is -2.37. The van der Waals surface area contributed by atoms with Gasteiger partial charge >= 0.3 is 12.3 Å². The first-order valence-electron chi connectivity index (χ1n) is 8.14. The summed E-state index contributed by atoms with van der Waals surface area (Å²) >= 11 is 0. The van der Waals surface area contributed by atoms with Crippen LogP contribution in [0.25, 0.3) is 5.69 Å². The zero-order valence-electron chi connectivity index (χ0n) is 13.7. The van der Waals surface area contributed by atoms with Crippen molar-refractivity contribution in [3.05, 3.63) is 47.3 Å². The number of carbonyl (C=O) groups excluding carboxylic acids is 1. The molecule has 0 radical (unpaired) electrons. The summed E-state index contributed by atoms with van der Waals surface area (Å²) in [6.45, 7) is 1.71. The Morgan fingerprint density at radius 3 is 2.65 bits per heavy atom. The normalized spacial score (nSPS) is 20.4. The number of amides is 1. The van der Waals surface area contributed by atoms with Gasteiger partial charge in [0.1, 0.15) is 11.8 Å². The molecule has 1 fully saturated rings. The first-order valence-corrected chi connectivity index (χ1v) is 8.14. The van der Waals surface area contributed by atoms with Crippen molar-refractivity contribution in [2.45, 2.75) is 38.0 Å². The number of benzene rings is 1. The van der Waals surface area contributed by atoms with Gasteiger partial charge in [0.25, 0.3) is 0 Å². The van der Waals surface area contributed by atoms with E-state index in [1.807, 2.05) is 6.07 Å². The number of hydrogen-bond acceptors (Lipinski definition) is 4. The van der Waals surface area contributed by atoms with E-state index in [1.54, 1.807) is 19.1 Å². The third-order valence-electron chi connectivity index (χ3n) is 4.40. The van der Waals surface area contributed by atoms with E-state index < -0.39 is 24.1 Å². The summed E-state index contributed by atoms with van der Waals surface area (Å²) in [4.78, 5) is 11.2. The molecule has 136 valence electrons. The van der Waals surface area contributed by atoms with Crippen LogP contribution >= 0.6 is 0 Å². The van der Waals surface area contributed by atoms with Gasteiger partial charge in [-0.05, 0) is 49.4 Å². The van der Waals surface area contributed by atoms with Crippen LogP contribution < -0.4 is 5.43 Å². The topological polar surface area (TPSA) is 68.5 Å². The Hall–Kier alpha value is -2.84. The number of aromatic nitrogens is 2. The van der Waals surface area contributed by atoms with Gasteiger partial charge in [0.15, 0.2) is 5.69 Å². The molecule has 2 aromatic rings. The van der Waals surface area contributed by atoms with Gasteiger partial charge in [0.05, 0.1) is 5.69 Å². The van der Waals surface area contributed by atoms with Crippen LogP contribution in [0, 0.1) is 0 Å². The van der Waals surface area contributed by atoms with Crippen molar-refractivity contribution in [2.75, 3.05) is 0 Å². The quantitative estimate of drug-likeness (QED) is 0.905. The zero-order valence-corrected chi connectivity index (χ0v) is 13.7. The monoisotopic (exact) mass is 364 g/mol. The molecule has 0 unspecified atom stereocenters. The third kappa shape index (κ3) is 3.04. The van der Waals surface area contributed by atoms with Gasteiger partial charge in [-0.3, -0.25) is 0 Å². The second kappa shape index (κ2) is 5.86. The minimum absolute atomic E-state index is 0.276. The van der Waals surface area contributed by atoms with E-state index in [2.05, 4.69) is 15.6 Å². The summed E-state index contributed by atoms with van der Waals surface area (Å²) in [5.41, 5.74) is 4.19. The molecule has 0 saturated heterocycles. The number of nitrogens with one attached hydrogen (secondary N) is 1. The zero-order chi connectivity index (χ0) is 18.5. The van der Waals surface area contributed by atoms with Crippen LogP contribution in [0.4, 0.5) is 18.0 Å². The molecule has 1 saturated carbocycles. The largest absolute Gasteiger partial charge is 0.439 e. The number of ether oxygens (including phenoxy) is 1. The maximum Gasteiger partial charge on any atom is 0.435 e. The molecule has 1 amide bonds. The number of cyclic esters (lactones) is 1. The second-order valence-electron chi connectivity index (χ2n) is 6.35. The average Bonchev–Trinajstić information content (AvgIpc) is 3.29. The number of rotatable bonds is 3. The first kappa shape index (κ1) is 16.6. The maximum absolute atomic E-state index is 12.8. The molecular weight excluding hydrogens is 349 g/mol. The predicted octanol–water partition coefficient (Wildman–Crippen LogP) is 3.60. The summed E-state index contributed by atoms with van der Waals surface area (Å²) in [6.07, 6.45) is -2.35. The molecule has 0 spiro atoms. The van der Waals surface area contributed by atoms with Gasteiger partial charge in [0, 0.05) is 11.8 Å². The van der Waals surface area contributed by atoms with Crippen LogP contribution in [0.5, 0.6) is 0 Å². The van der Waals surface area contributed by atoms with E-state index in [0.717, 1.165) is 30.0 Å². The molecule has 1 aromatic carbocycles. The lowest BCUT2D eigenvalue weighted by Gasteiger charge is -2.21. The Morgan fingerprint density at radius 1 is 1.27 bits per heavy atom. The van der Waals surface area contributed by atoms with Crippen LogP contribution in [0.1, 0.15) is 42.5 Å². The lowest BCUT2D eigenvalue weighted by atomic mass is 9.99. The van der Waals surface area contributed by atoms with Crippen molar-refractivity contribution >= 4 is 11.8 Å². The van der Waals surface area contributed by atoms with E-state index in [1.165, 1.54) is 10.9 Å². The Balaban J connectivity index is 1.73. The van der Waals surface area contributed by atoms with Crippen LogP contribution in [0.2, 0.25) is 0 Å². The lowest BCUT2D eigenvalue weighted by molar-refractivity contribution is -0.141. The summed E-state index contributed by atoms with van der Waals surface area (Å²) < 4.78 is 44.8. The molecule has 2 aliphatic rings. The summed E-state index contributed by atoms with van der Waals surface area (Å²) in [7, 11) is 0. The van der Waals surface area contributed by atoms with Crippen molar-refractivity contribution in [1.82, 2.24) is 15.2 Å². The van der Waals surface area contributed by atoms with E-state index >= 15 is 0 Å². The fraction of sp³-hybridized carbons (Fsp3) is 0.353. The molecule has 1 N–H and O–H groups in total. The molecule has 6 nitrogen and oxygen atoms in total. The Labute approximate surface area is 146 Å². The standard InChI is InChI=1S/C17H15F3N4O2/c1-9-15(21-22-16(25)26-9)11-4-5-13(12(8-11)10-2-3-10)24-7-6-14(23-24)17(18,19)20/h4-10H,2-3H2,1H3,(H,22,25)/t9-/m0/s1. The average molecular weight is 364 g/mol. The third-order valence-corrected chi connectivity index (χ3v) is 4.40. The van der Waals surface area contributed by atoms with Crippen LogP contribution in [-0.4, -0.2) is 27.7 Å². The Morgan fingerprint density at radius 2 is 2.04 bits per heavy atom. The van der Waals surface area contributed by atoms with Crippen LogP contribution in [0.15, 0.2) is 35.6 Å². The van der Waals surface area contributed by atoms with E-state index in [-0.39, 0.29) is 5.92 Å². The molecule has 1 aromatic heterocycles. The molecule has 26 heavy (non-hydrogen) atoms. The summed E-state index contributed by atoms with van der Waals surface area (Å²) in [5, 5.41) is 7.71. The van der Waals surface area contributed by atoms with Crippen molar-refractivity contribution in [1.29, 1.82) is 0 Å². The number of hydrazone groups is 1. The summed E-state index contributed by atoms with van der Waals surface area (Å²) in [6, 6.07) is 6.31. The second-order valence-corrected chi connectivity index (χ2v) is 6.35. The predicted molar refractivity (Wildman–Crippen MR) is 86.2 cm³/mol. The first-order chi connectivity index (χ1) is 12.3. The number of alkyl halides is 3.